The van der Waals surface area contributed by atoms with Gasteiger partial charge in [0.2, 0.25) is 0 Å². The van der Waals surface area contributed by atoms with Crippen LogP contribution in [0.15, 0.2) is 29.1 Å². The lowest BCUT2D eigenvalue weighted by Gasteiger charge is -2.40. The molecule has 2 heterocycles. The molecule has 0 bridgehead atoms. The highest BCUT2D eigenvalue weighted by Crippen LogP contribution is 2.31. The Morgan fingerprint density at radius 1 is 1.21 bits per heavy atom. The van der Waals surface area contributed by atoms with Gasteiger partial charge in [0.15, 0.2) is 0 Å². The second-order valence-electron chi connectivity index (χ2n) is 7.56. The fourth-order valence-electron chi connectivity index (χ4n) is 4.25. The first kappa shape index (κ1) is 17.2. The monoisotopic (exact) mass is 327 g/mol. The van der Waals surface area contributed by atoms with Crippen LogP contribution in [-0.4, -0.2) is 27.5 Å². The van der Waals surface area contributed by atoms with E-state index in [9.17, 15) is 4.79 Å². The van der Waals surface area contributed by atoms with E-state index >= 15 is 0 Å². The van der Waals surface area contributed by atoms with E-state index in [1.807, 2.05) is 31.3 Å². The number of likely N-dealkylation sites (tertiary alicyclic amines) is 1. The van der Waals surface area contributed by atoms with E-state index in [0.29, 0.717) is 17.2 Å². The lowest BCUT2D eigenvalue weighted by atomic mass is 9.90. The van der Waals surface area contributed by atoms with Gasteiger partial charge in [-0.25, -0.2) is 4.98 Å². The maximum atomic E-state index is 12.8. The molecular weight excluding hydrogens is 298 g/mol. The van der Waals surface area contributed by atoms with Gasteiger partial charge in [-0.15, -0.1) is 0 Å². The number of hydrogen-bond donors (Lipinski definition) is 0. The molecule has 1 aliphatic heterocycles. The summed E-state index contributed by atoms with van der Waals surface area (Å²) in [5.74, 6) is 2.32. The molecule has 1 aliphatic rings. The number of benzene rings is 1. The van der Waals surface area contributed by atoms with Crippen LogP contribution in [0, 0.1) is 11.8 Å². The Kier molecular flexibility index (Phi) is 5.04. The first-order valence-electron chi connectivity index (χ1n) is 9.21. The van der Waals surface area contributed by atoms with Crippen LogP contribution in [0.3, 0.4) is 0 Å². The van der Waals surface area contributed by atoms with Crippen LogP contribution < -0.4 is 5.56 Å². The minimum absolute atomic E-state index is 0.0646. The minimum Gasteiger partial charge on any atom is -0.298 e. The molecule has 1 fully saturated rings. The van der Waals surface area contributed by atoms with Crippen LogP contribution in [0.4, 0.5) is 0 Å². The third-order valence-corrected chi connectivity index (χ3v) is 5.22. The largest absolute Gasteiger partial charge is 0.298 e. The molecule has 1 saturated heterocycles. The molecule has 1 aromatic heterocycles. The highest BCUT2D eigenvalue weighted by Gasteiger charge is 2.30. The summed E-state index contributed by atoms with van der Waals surface area (Å²) < 4.78 is 1.77. The first-order valence-corrected chi connectivity index (χ1v) is 9.21. The van der Waals surface area contributed by atoms with Crippen molar-refractivity contribution in [1.82, 2.24) is 14.5 Å². The fourth-order valence-corrected chi connectivity index (χ4v) is 4.25. The van der Waals surface area contributed by atoms with E-state index in [0.717, 1.165) is 37.3 Å². The molecule has 0 spiro atoms. The first-order chi connectivity index (χ1) is 11.5. The summed E-state index contributed by atoms with van der Waals surface area (Å²) in [7, 11) is 1.87. The van der Waals surface area contributed by atoms with Crippen LogP contribution >= 0.6 is 0 Å². The molecule has 3 atom stereocenters. The zero-order valence-electron chi connectivity index (χ0n) is 15.3. The van der Waals surface area contributed by atoms with Crippen molar-refractivity contribution in [2.45, 2.75) is 46.1 Å². The van der Waals surface area contributed by atoms with Gasteiger partial charge in [0.25, 0.3) is 5.56 Å². The molecule has 0 aliphatic carbocycles. The van der Waals surface area contributed by atoms with Gasteiger partial charge in [-0.05, 0) is 36.8 Å². The quantitative estimate of drug-likeness (QED) is 0.858. The maximum Gasteiger partial charge on any atom is 0.261 e. The van der Waals surface area contributed by atoms with Gasteiger partial charge in [-0.2, -0.15) is 0 Å². The van der Waals surface area contributed by atoms with E-state index in [1.165, 1.54) is 6.42 Å². The highest BCUT2D eigenvalue weighted by molar-refractivity contribution is 5.77. The van der Waals surface area contributed by atoms with Crippen LogP contribution in [0.2, 0.25) is 0 Å². The second-order valence-corrected chi connectivity index (χ2v) is 7.56. The Morgan fingerprint density at radius 3 is 2.54 bits per heavy atom. The van der Waals surface area contributed by atoms with E-state index in [1.54, 1.807) is 4.57 Å². The van der Waals surface area contributed by atoms with Gasteiger partial charge in [0.1, 0.15) is 5.82 Å². The maximum absolute atomic E-state index is 12.8. The number of para-hydroxylation sites is 1. The Hall–Kier alpha value is -1.68. The van der Waals surface area contributed by atoms with Gasteiger partial charge in [0.05, 0.1) is 16.9 Å². The summed E-state index contributed by atoms with van der Waals surface area (Å²) in [6.07, 6.45) is 3.42. The average Bonchev–Trinajstić information content (AvgIpc) is 2.55. The number of piperidine rings is 1. The van der Waals surface area contributed by atoms with Crippen molar-refractivity contribution in [2.24, 2.45) is 18.9 Å². The Labute approximate surface area is 144 Å². The topological polar surface area (TPSA) is 38.1 Å². The fraction of sp³-hybridized carbons (Fsp3) is 0.600. The molecule has 0 saturated carbocycles. The third-order valence-electron chi connectivity index (χ3n) is 5.22. The van der Waals surface area contributed by atoms with Crippen molar-refractivity contribution in [2.75, 3.05) is 13.1 Å². The number of nitrogens with zero attached hydrogens (tertiary/aromatic N) is 3. The van der Waals surface area contributed by atoms with E-state index < -0.39 is 0 Å². The Bertz CT molecular complexity index is 757. The number of rotatable bonds is 4. The molecule has 1 unspecified atom stereocenters. The highest BCUT2D eigenvalue weighted by atomic mass is 16.1. The van der Waals surface area contributed by atoms with E-state index in [4.69, 9.17) is 4.98 Å². The summed E-state index contributed by atoms with van der Waals surface area (Å²) in [4.78, 5) is 20.2. The van der Waals surface area contributed by atoms with Crippen LogP contribution in [0.5, 0.6) is 0 Å². The molecule has 0 radical (unpaired) electrons. The van der Waals surface area contributed by atoms with Gasteiger partial charge in [0, 0.05) is 20.1 Å². The number of hydrogen-bond acceptors (Lipinski definition) is 3. The van der Waals surface area contributed by atoms with Gasteiger partial charge in [-0.1, -0.05) is 39.3 Å². The molecule has 3 rings (SSSR count). The van der Waals surface area contributed by atoms with Crippen molar-refractivity contribution in [3.8, 4) is 0 Å². The van der Waals surface area contributed by atoms with E-state index in [-0.39, 0.29) is 11.6 Å². The molecule has 130 valence electrons. The van der Waals surface area contributed by atoms with Crippen LogP contribution in [-0.2, 0) is 7.05 Å². The van der Waals surface area contributed by atoms with Crippen molar-refractivity contribution >= 4 is 10.9 Å². The molecular formula is C20H29N3O. The zero-order valence-corrected chi connectivity index (χ0v) is 15.3. The average molecular weight is 327 g/mol. The number of fused-ring (bicyclic) bond motifs is 1. The van der Waals surface area contributed by atoms with Gasteiger partial charge < -0.3 is 0 Å². The molecule has 4 nitrogen and oxygen atoms in total. The minimum atomic E-state index is 0.0646. The summed E-state index contributed by atoms with van der Waals surface area (Å²) in [6.45, 7) is 9.06. The van der Waals surface area contributed by atoms with Gasteiger partial charge in [-0.3, -0.25) is 14.3 Å². The lowest BCUT2D eigenvalue weighted by molar-refractivity contribution is 0.0841. The molecule has 0 N–H and O–H groups in total. The smallest absolute Gasteiger partial charge is 0.261 e. The summed E-state index contributed by atoms with van der Waals surface area (Å²) >= 11 is 0. The Balaban J connectivity index is 2.07. The van der Waals surface area contributed by atoms with Gasteiger partial charge >= 0.3 is 0 Å². The molecule has 4 heteroatoms. The van der Waals surface area contributed by atoms with Crippen molar-refractivity contribution < 1.29 is 0 Å². The predicted octanol–water partition coefficient (Wildman–Crippen LogP) is 3.75. The third kappa shape index (κ3) is 3.25. The van der Waals surface area contributed by atoms with Crippen LogP contribution in [0.1, 0.15) is 51.9 Å². The molecule has 1 aromatic carbocycles. The molecule has 2 aromatic rings. The van der Waals surface area contributed by atoms with Crippen molar-refractivity contribution in [3.63, 3.8) is 0 Å². The zero-order chi connectivity index (χ0) is 17.3. The van der Waals surface area contributed by atoms with Crippen LogP contribution in [0.25, 0.3) is 10.9 Å². The summed E-state index contributed by atoms with van der Waals surface area (Å²) in [5, 5.41) is 0.708. The molecule has 0 amide bonds. The van der Waals surface area contributed by atoms with Crippen molar-refractivity contribution in [3.05, 3.63) is 40.4 Å². The number of aromatic nitrogens is 2. The lowest BCUT2D eigenvalue weighted by Crippen LogP contribution is -2.43. The predicted molar refractivity (Wildman–Crippen MR) is 99.2 cm³/mol. The Morgan fingerprint density at radius 2 is 1.88 bits per heavy atom. The second kappa shape index (κ2) is 7.06. The normalized spacial score (nSPS) is 23.5. The SMILES string of the molecule is CCCC(c1nc2ccccc2c(=O)n1C)N1C[C@H](C)C[C@H](C)C1. The summed E-state index contributed by atoms with van der Waals surface area (Å²) in [6, 6.07) is 7.91. The summed E-state index contributed by atoms with van der Waals surface area (Å²) in [5.41, 5.74) is 0.879. The van der Waals surface area contributed by atoms with E-state index in [2.05, 4.69) is 25.7 Å². The molecule has 24 heavy (non-hydrogen) atoms. The van der Waals surface area contributed by atoms with Crippen molar-refractivity contribution in [1.29, 1.82) is 0 Å². The standard InChI is InChI=1S/C20H29N3O/c1-5-8-18(23-12-14(2)11-15(3)13-23)19-21-17-10-7-6-9-16(17)20(24)22(19)4/h6-7,9-10,14-15,18H,5,8,11-13H2,1-4H3/t14-,15+,18?.